The number of hydrogen-bond donors (Lipinski definition) is 1. The monoisotopic (exact) mass is 352 g/mol. The number of likely N-dealkylation sites (tertiary alicyclic amines) is 1. The van der Waals surface area contributed by atoms with Gasteiger partial charge >= 0.3 is 0 Å². The molecule has 4 nitrogen and oxygen atoms in total. The minimum atomic E-state index is 0.264. The van der Waals surface area contributed by atoms with Crippen molar-refractivity contribution in [3.8, 4) is 11.5 Å². The van der Waals surface area contributed by atoms with Gasteiger partial charge in [0.1, 0.15) is 17.6 Å². The van der Waals surface area contributed by atoms with Gasteiger partial charge in [0.05, 0.1) is 7.11 Å². The summed E-state index contributed by atoms with van der Waals surface area (Å²) in [4.78, 5) is 2.52. The molecule has 0 saturated carbocycles. The fourth-order valence-corrected chi connectivity index (χ4v) is 4.23. The second-order valence-corrected chi connectivity index (χ2v) is 7.62. The van der Waals surface area contributed by atoms with Crippen molar-refractivity contribution in [1.29, 1.82) is 0 Å². The lowest BCUT2D eigenvalue weighted by Crippen LogP contribution is -2.32. The molecule has 0 aromatic heterocycles. The molecule has 0 aliphatic carbocycles. The van der Waals surface area contributed by atoms with Crippen molar-refractivity contribution in [3.05, 3.63) is 53.1 Å². The Morgan fingerprint density at radius 3 is 2.58 bits per heavy atom. The van der Waals surface area contributed by atoms with Gasteiger partial charge in [0, 0.05) is 29.8 Å². The van der Waals surface area contributed by atoms with Gasteiger partial charge in [-0.15, -0.1) is 0 Å². The number of ether oxygens (including phenoxy) is 2. The van der Waals surface area contributed by atoms with E-state index in [1.165, 1.54) is 29.5 Å². The molecule has 2 aliphatic rings. The van der Waals surface area contributed by atoms with Crippen LogP contribution in [0.1, 0.15) is 42.4 Å². The molecule has 26 heavy (non-hydrogen) atoms. The average molecular weight is 352 g/mol. The Balaban J connectivity index is 1.41. The van der Waals surface area contributed by atoms with Crippen molar-refractivity contribution in [2.75, 3.05) is 25.9 Å². The van der Waals surface area contributed by atoms with Crippen LogP contribution >= 0.6 is 0 Å². The molecule has 2 heterocycles. The molecule has 0 bridgehead atoms. The third-order valence-electron chi connectivity index (χ3n) is 5.69. The van der Waals surface area contributed by atoms with E-state index < -0.39 is 0 Å². The molecule has 0 amide bonds. The van der Waals surface area contributed by atoms with Gasteiger partial charge < -0.3 is 15.2 Å². The highest BCUT2D eigenvalue weighted by Gasteiger charge is 2.24. The second-order valence-electron chi connectivity index (χ2n) is 7.62. The average Bonchev–Trinajstić information content (AvgIpc) is 3.01. The number of benzene rings is 2. The van der Waals surface area contributed by atoms with Gasteiger partial charge in [-0.2, -0.15) is 0 Å². The summed E-state index contributed by atoms with van der Waals surface area (Å²) < 4.78 is 11.6. The molecule has 1 fully saturated rings. The van der Waals surface area contributed by atoms with Gasteiger partial charge in [0.25, 0.3) is 0 Å². The van der Waals surface area contributed by atoms with Crippen LogP contribution in [0.2, 0.25) is 0 Å². The molecule has 0 radical (unpaired) electrons. The number of methoxy groups -OCH3 is 1. The molecule has 4 heteroatoms. The molecule has 2 N–H and O–H groups in total. The lowest BCUT2D eigenvalue weighted by molar-refractivity contribution is 0.202. The summed E-state index contributed by atoms with van der Waals surface area (Å²) in [5.41, 5.74) is 10.6. The molecule has 4 rings (SSSR count). The summed E-state index contributed by atoms with van der Waals surface area (Å²) in [5, 5.41) is 0. The first-order valence-electron chi connectivity index (χ1n) is 9.56. The number of rotatable bonds is 4. The Morgan fingerprint density at radius 2 is 1.88 bits per heavy atom. The highest BCUT2D eigenvalue weighted by atomic mass is 16.5. The van der Waals surface area contributed by atoms with Gasteiger partial charge in [-0.1, -0.05) is 12.1 Å². The third-order valence-corrected chi connectivity index (χ3v) is 5.69. The topological polar surface area (TPSA) is 47.7 Å². The van der Waals surface area contributed by atoms with E-state index in [0.29, 0.717) is 5.92 Å². The summed E-state index contributed by atoms with van der Waals surface area (Å²) in [7, 11) is 1.76. The predicted octanol–water partition coefficient (Wildman–Crippen LogP) is 3.98. The van der Waals surface area contributed by atoms with E-state index in [1.54, 1.807) is 7.11 Å². The normalized spacial score (nSPS) is 20.6. The van der Waals surface area contributed by atoms with Gasteiger partial charge in [0.15, 0.2) is 0 Å². The van der Waals surface area contributed by atoms with E-state index in [-0.39, 0.29) is 6.10 Å². The van der Waals surface area contributed by atoms with E-state index in [1.807, 2.05) is 12.1 Å². The van der Waals surface area contributed by atoms with Crippen LogP contribution in [0.15, 0.2) is 36.4 Å². The molecular formula is C22H28N2O2. The van der Waals surface area contributed by atoms with Crippen LogP contribution in [0.4, 0.5) is 5.69 Å². The Kier molecular flexibility index (Phi) is 4.77. The molecule has 0 spiro atoms. The first-order valence-corrected chi connectivity index (χ1v) is 9.56. The summed E-state index contributed by atoms with van der Waals surface area (Å²) in [6, 6.07) is 12.7. The quantitative estimate of drug-likeness (QED) is 0.846. The fourth-order valence-electron chi connectivity index (χ4n) is 4.23. The Morgan fingerprint density at radius 1 is 1.15 bits per heavy atom. The van der Waals surface area contributed by atoms with Crippen LogP contribution in [0.3, 0.4) is 0 Å². The molecular weight excluding hydrogens is 324 g/mol. The van der Waals surface area contributed by atoms with E-state index in [0.717, 1.165) is 43.2 Å². The first-order chi connectivity index (χ1) is 12.6. The molecule has 1 atom stereocenters. The maximum atomic E-state index is 5.94. The van der Waals surface area contributed by atoms with Gasteiger partial charge in [0.2, 0.25) is 0 Å². The maximum Gasteiger partial charge on any atom is 0.123 e. The zero-order chi connectivity index (χ0) is 18.1. The van der Waals surface area contributed by atoms with Gasteiger partial charge in [-0.3, -0.25) is 4.90 Å². The van der Waals surface area contributed by atoms with Crippen LogP contribution in [-0.2, 0) is 13.0 Å². The lowest BCUT2D eigenvalue weighted by Gasteiger charge is -2.32. The van der Waals surface area contributed by atoms with Gasteiger partial charge in [-0.05, 0) is 68.6 Å². The van der Waals surface area contributed by atoms with E-state index in [2.05, 4.69) is 36.1 Å². The third kappa shape index (κ3) is 3.51. The predicted molar refractivity (Wildman–Crippen MR) is 105 cm³/mol. The Hall–Kier alpha value is -2.20. The van der Waals surface area contributed by atoms with E-state index >= 15 is 0 Å². The summed E-state index contributed by atoms with van der Waals surface area (Å²) in [6.45, 7) is 5.25. The largest absolute Gasteiger partial charge is 0.496 e. The smallest absolute Gasteiger partial charge is 0.123 e. The van der Waals surface area contributed by atoms with Crippen LogP contribution in [0.5, 0.6) is 11.5 Å². The fraction of sp³-hybridized carbons (Fsp3) is 0.455. The maximum absolute atomic E-state index is 5.94. The standard InChI is InChI=1S/C22H28N2O2/c1-15-11-18-12-21(25-2)19(13-22(18)26-15)14-24-9-7-17(8-10-24)16-3-5-20(23)6-4-16/h3-6,12-13,15,17H,7-11,14,23H2,1-2H3. The molecule has 138 valence electrons. The summed E-state index contributed by atoms with van der Waals surface area (Å²) >= 11 is 0. The van der Waals surface area contributed by atoms with Crippen molar-refractivity contribution in [3.63, 3.8) is 0 Å². The first kappa shape index (κ1) is 17.2. The highest BCUT2D eigenvalue weighted by Crippen LogP contribution is 2.36. The van der Waals surface area contributed by atoms with Crippen LogP contribution in [0, 0.1) is 0 Å². The number of nitrogens with zero attached hydrogens (tertiary/aromatic N) is 1. The number of hydrogen-bond acceptors (Lipinski definition) is 4. The molecule has 2 aromatic rings. The number of fused-ring (bicyclic) bond motifs is 1. The second kappa shape index (κ2) is 7.20. The lowest BCUT2D eigenvalue weighted by atomic mass is 9.89. The zero-order valence-corrected chi connectivity index (χ0v) is 15.7. The van der Waals surface area contributed by atoms with Crippen LogP contribution < -0.4 is 15.2 Å². The van der Waals surface area contributed by atoms with Crippen molar-refractivity contribution < 1.29 is 9.47 Å². The molecule has 2 aromatic carbocycles. The molecule has 1 unspecified atom stereocenters. The van der Waals surface area contributed by atoms with Crippen molar-refractivity contribution >= 4 is 5.69 Å². The van der Waals surface area contributed by atoms with Crippen molar-refractivity contribution in [2.45, 2.75) is 44.8 Å². The Labute approximate surface area is 155 Å². The van der Waals surface area contributed by atoms with Gasteiger partial charge in [-0.25, -0.2) is 0 Å². The number of nitrogens with two attached hydrogens (primary N) is 1. The molecule has 1 saturated heterocycles. The van der Waals surface area contributed by atoms with Crippen LogP contribution in [0.25, 0.3) is 0 Å². The number of nitrogen functional groups attached to an aromatic ring is 1. The highest BCUT2D eigenvalue weighted by molar-refractivity contribution is 5.48. The summed E-state index contributed by atoms with van der Waals surface area (Å²) in [6.07, 6.45) is 3.61. The number of piperidine rings is 1. The van der Waals surface area contributed by atoms with Crippen molar-refractivity contribution in [2.24, 2.45) is 0 Å². The SMILES string of the molecule is COc1cc2c(cc1CN1CCC(c3ccc(N)cc3)CC1)OC(C)C2. The minimum absolute atomic E-state index is 0.264. The van der Waals surface area contributed by atoms with Crippen LogP contribution in [-0.4, -0.2) is 31.2 Å². The Bertz CT molecular complexity index is 764. The summed E-state index contributed by atoms with van der Waals surface area (Å²) in [5.74, 6) is 2.66. The minimum Gasteiger partial charge on any atom is -0.496 e. The van der Waals surface area contributed by atoms with E-state index in [4.69, 9.17) is 15.2 Å². The zero-order valence-electron chi connectivity index (χ0n) is 15.7. The molecule has 2 aliphatic heterocycles. The van der Waals surface area contributed by atoms with E-state index in [9.17, 15) is 0 Å². The van der Waals surface area contributed by atoms with Crippen molar-refractivity contribution in [1.82, 2.24) is 4.90 Å². The number of anilines is 1.